The monoisotopic (exact) mass is 366 g/mol. The van der Waals surface area contributed by atoms with Gasteiger partial charge in [0.1, 0.15) is 0 Å². The molecule has 0 atom stereocenters. The lowest BCUT2D eigenvalue weighted by Gasteiger charge is -2.07. The lowest BCUT2D eigenvalue weighted by atomic mass is 10.0. The van der Waals surface area contributed by atoms with Crippen LogP contribution in [0.5, 0.6) is 0 Å². The van der Waals surface area contributed by atoms with E-state index in [4.69, 9.17) is 0 Å². The Balaban J connectivity index is 2.47. The molecule has 0 fully saturated rings. The minimum atomic E-state index is -3.42. The van der Waals surface area contributed by atoms with E-state index in [-0.39, 0.29) is 32.4 Å². The van der Waals surface area contributed by atoms with Crippen molar-refractivity contribution in [3.8, 4) is 0 Å². The van der Waals surface area contributed by atoms with Gasteiger partial charge in [0, 0.05) is 11.1 Å². The Morgan fingerprint density at radius 1 is 0.750 bits per heavy atom. The molecular weight excluding hydrogens is 348 g/mol. The van der Waals surface area contributed by atoms with Gasteiger partial charge in [0.15, 0.2) is 25.5 Å². The summed E-state index contributed by atoms with van der Waals surface area (Å²) < 4.78 is 47.8. The van der Waals surface area contributed by atoms with Gasteiger partial charge in [-0.2, -0.15) is 0 Å². The molecule has 0 saturated heterocycles. The van der Waals surface area contributed by atoms with Gasteiger partial charge in [0.25, 0.3) is 0 Å². The smallest absolute Gasteiger partial charge is 0.193 e. The molecule has 0 aromatic heterocycles. The van der Waals surface area contributed by atoms with Crippen molar-refractivity contribution in [3.63, 3.8) is 0 Å². The summed E-state index contributed by atoms with van der Waals surface area (Å²) in [5, 5.41) is 0. The Kier molecular flexibility index (Phi) is 5.25. The summed E-state index contributed by atoms with van der Waals surface area (Å²) in [5.41, 5.74) is 0.408. The molecule has 0 radical (unpaired) electrons. The second-order valence-electron chi connectivity index (χ2n) is 5.19. The highest BCUT2D eigenvalue weighted by atomic mass is 32.2. The van der Waals surface area contributed by atoms with Gasteiger partial charge >= 0.3 is 0 Å². The average molecular weight is 366 g/mol. The molecule has 5 nitrogen and oxygen atoms in total. The first-order valence-electron chi connectivity index (χ1n) is 7.41. The molecule has 2 aromatic carbocycles. The lowest BCUT2D eigenvalue weighted by Crippen LogP contribution is -2.08. The van der Waals surface area contributed by atoms with Gasteiger partial charge in [-0.3, -0.25) is 4.79 Å². The van der Waals surface area contributed by atoms with Crippen molar-refractivity contribution >= 4 is 25.5 Å². The van der Waals surface area contributed by atoms with Crippen molar-refractivity contribution in [1.82, 2.24) is 0 Å². The van der Waals surface area contributed by atoms with Gasteiger partial charge in [0.2, 0.25) is 0 Å². The topological polar surface area (TPSA) is 85.3 Å². The summed E-state index contributed by atoms with van der Waals surface area (Å²) >= 11 is 0. The summed E-state index contributed by atoms with van der Waals surface area (Å²) in [6.07, 6.45) is 0. The van der Waals surface area contributed by atoms with Gasteiger partial charge in [-0.1, -0.05) is 38.1 Å². The Labute approximate surface area is 142 Å². The highest BCUT2D eigenvalue weighted by Crippen LogP contribution is 2.19. The van der Waals surface area contributed by atoms with E-state index in [1.54, 1.807) is 0 Å². The maximum absolute atomic E-state index is 12.6. The molecule has 2 aromatic rings. The molecule has 0 aliphatic carbocycles. The molecule has 7 heteroatoms. The predicted molar refractivity (Wildman–Crippen MR) is 91.8 cm³/mol. The number of ketones is 1. The van der Waals surface area contributed by atoms with Crippen LogP contribution >= 0.6 is 0 Å². The van der Waals surface area contributed by atoms with Crippen LogP contribution in [0.2, 0.25) is 0 Å². The van der Waals surface area contributed by atoms with Crippen LogP contribution in [0.1, 0.15) is 29.8 Å². The standard InChI is InChI=1S/C17H18O5S2/c1-3-23(19,20)15-9-5-7-13(11-15)17(18)14-8-6-10-16(12-14)24(21,22)4-2/h5-12H,3-4H2,1-2H3. The molecule has 0 saturated carbocycles. The van der Waals surface area contributed by atoms with Gasteiger partial charge in [0.05, 0.1) is 21.3 Å². The number of sulfone groups is 2. The van der Waals surface area contributed by atoms with E-state index >= 15 is 0 Å². The zero-order chi connectivity index (χ0) is 18.0. The number of rotatable bonds is 6. The molecule has 0 aliphatic heterocycles. The van der Waals surface area contributed by atoms with Crippen molar-refractivity contribution in [2.24, 2.45) is 0 Å². The molecular formula is C17H18O5S2. The van der Waals surface area contributed by atoms with Crippen LogP contribution in [0.15, 0.2) is 58.3 Å². The average Bonchev–Trinajstić information content (AvgIpc) is 2.61. The van der Waals surface area contributed by atoms with Gasteiger partial charge in [-0.05, 0) is 24.3 Å². The van der Waals surface area contributed by atoms with Crippen molar-refractivity contribution in [3.05, 3.63) is 59.7 Å². The largest absolute Gasteiger partial charge is 0.289 e. The second-order valence-corrected chi connectivity index (χ2v) is 9.75. The number of hydrogen-bond acceptors (Lipinski definition) is 5. The Morgan fingerprint density at radius 2 is 1.12 bits per heavy atom. The van der Waals surface area contributed by atoms with E-state index in [1.807, 2.05) is 0 Å². The minimum Gasteiger partial charge on any atom is -0.289 e. The Hall–Kier alpha value is -1.99. The molecule has 0 heterocycles. The second kappa shape index (κ2) is 6.86. The summed E-state index contributed by atoms with van der Waals surface area (Å²) in [4.78, 5) is 12.7. The van der Waals surface area contributed by atoms with Gasteiger partial charge in [-0.25, -0.2) is 16.8 Å². The summed E-state index contributed by atoms with van der Waals surface area (Å²) in [6, 6.07) is 11.5. The SMILES string of the molecule is CCS(=O)(=O)c1cccc(C(=O)c2cccc(S(=O)(=O)CC)c2)c1. The number of benzene rings is 2. The summed E-state index contributed by atoms with van der Waals surface area (Å²) in [5.74, 6) is -0.541. The molecule has 0 N–H and O–H groups in total. The highest BCUT2D eigenvalue weighted by Gasteiger charge is 2.18. The van der Waals surface area contributed by atoms with Gasteiger partial charge in [-0.15, -0.1) is 0 Å². The van der Waals surface area contributed by atoms with Crippen LogP contribution < -0.4 is 0 Å². The highest BCUT2D eigenvalue weighted by molar-refractivity contribution is 7.91. The lowest BCUT2D eigenvalue weighted by molar-refractivity contribution is 0.103. The molecule has 0 amide bonds. The maximum Gasteiger partial charge on any atom is 0.193 e. The molecule has 2 rings (SSSR count). The first kappa shape index (κ1) is 18.4. The third kappa shape index (κ3) is 3.73. The first-order valence-corrected chi connectivity index (χ1v) is 10.7. The Morgan fingerprint density at radius 3 is 1.46 bits per heavy atom. The maximum atomic E-state index is 12.6. The fraction of sp³-hybridized carbons (Fsp3) is 0.235. The van der Waals surface area contributed by atoms with Crippen LogP contribution in [0, 0.1) is 0 Å². The molecule has 0 unspecified atom stereocenters. The third-order valence-electron chi connectivity index (χ3n) is 3.67. The van der Waals surface area contributed by atoms with Gasteiger partial charge < -0.3 is 0 Å². The van der Waals surface area contributed by atoms with E-state index in [9.17, 15) is 21.6 Å². The zero-order valence-corrected chi connectivity index (χ0v) is 15.0. The number of hydrogen-bond donors (Lipinski definition) is 0. The van der Waals surface area contributed by atoms with Crippen LogP contribution in [-0.4, -0.2) is 34.1 Å². The van der Waals surface area contributed by atoms with Crippen LogP contribution in [0.25, 0.3) is 0 Å². The van der Waals surface area contributed by atoms with E-state index < -0.39 is 25.5 Å². The van der Waals surface area contributed by atoms with E-state index in [0.717, 1.165) is 0 Å². The molecule has 0 aliphatic rings. The van der Waals surface area contributed by atoms with E-state index in [1.165, 1.54) is 62.4 Å². The predicted octanol–water partition coefficient (Wildman–Crippen LogP) is 2.50. The normalized spacial score (nSPS) is 12.1. The zero-order valence-electron chi connectivity index (χ0n) is 13.4. The molecule has 128 valence electrons. The van der Waals surface area contributed by atoms with Crippen LogP contribution in [0.3, 0.4) is 0 Å². The summed E-state index contributed by atoms with van der Waals surface area (Å²) in [6.45, 7) is 3.06. The molecule has 0 spiro atoms. The van der Waals surface area contributed by atoms with Crippen molar-refractivity contribution < 1.29 is 21.6 Å². The Bertz CT molecular complexity index is 894. The summed E-state index contributed by atoms with van der Waals surface area (Å²) in [7, 11) is -6.84. The van der Waals surface area contributed by atoms with Crippen LogP contribution in [-0.2, 0) is 19.7 Å². The molecule has 24 heavy (non-hydrogen) atoms. The quantitative estimate of drug-likeness (QED) is 0.733. The third-order valence-corrected chi connectivity index (χ3v) is 7.14. The van der Waals surface area contributed by atoms with Crippen molar-refractivity contribution in [2.75, 3.05) is 11.5 Å². The van der Waals surface area contributed by atoms with E-state index in [0.29, 0.717) is 0 Å². The van der Waals surface area contributed by atoms with E-state index in [2.05, 4.69) is 0 Å². The fourth-order valence-electron chi connectivity index (χ4n) is 2.16. The van der Waals surface area contributed by atoms with Crippen LogP contribution in [0.4, 0.5) is 0 Å². The first-order chi connectivity index (χ1) is 11.2. The van der Waals surface area contributed by atoms with Crippen molar-refractivity contribution in [1.29, 1.82) is 0 Å². The minimum absolute atomic E-state index is 0.0606. The molecule has 0 bridgehead atoms. The number of carbonyl (C=O) groups excluding carboxylic acids is 1. The van der Waals surface area contributed by atoms with Crippen molar-refractivity contribution in [2.45, 2.75) is 23.6 Å². The number of carbonyl (C=O) groups is 1. The fourth-order valence-corrected chi connectivity index (χ4v) is 4.01.